The van der Waals surface area contributed by atoms with Gasteiger partial charge in [-0.1, -0.05) is 0 Å². The summed E-state index contributed by atoms with van der Waals surface area (Å²) in [6.45, 7) is 3.81. The van der Waals surface area contributed by atoms with Crippen LogP contribution in [-0.2, 0) is 0 Å². The first-order valence-corrected chi connectivity index (χ1v) is 4.82. The highest BCUT2D eigenvalue weighted by atomic mass is 127. The van der Waals surface area contributed by atoms with Crippen LogP contribution in [0.2, 0.25) is 0 Å². The molecule has 1 aliphatic heterocycles. The Bertz CT molecular complexity index is 320. The maximum absolute atomic E-state index is 5.55. The van der Waals surface area contributed by atoms with Gasteiger partial charge in [0.25, 0.3) is 0 Å². The Balaban J connectivity index is 2.43. The molecule has 64 valence electrons. The van der Waals surface area contributed by atoms with Gasteiger partial charge in [0.1, 0.15) is 0 Å². The zero-order chi connectivity index (χ0) is 8.77. The third-order valence-electron chi connectivity index (χ3n) is 1.62. The van der Waals surface area contributed by atoms with E-state index in [0.29, 0.717) is 0 Å². The van der Waals surface area contributed by atoms with Crippen molar-refractivity contribution in [2.75, 3.05) is 0 Å². The van der Waals surface area contributed by atoms with Crippen molar-refractivity contribution in [3.63, 3.8) is 0 Å². The Hall–Kier alpha value is -0.450. The van der Waals surface area contributed by atoms with E-state index in [1.807, 2.05) is 32.0 Å². The third kappa shape index (κ3) is 1.37. The monoisotopic (exact) mass is 276 g/mol. The van der Waals surface area contributed by atoms with Crippen molar-refractivity contribution in [1.29, 1.82) is 0 Å². The van der Waals surface area contributed by atoms with Gasteiger partial charge in [-0.15, -0.1) is 0 Å². The number of hydrogen-bond donors (Lipinski definition) is 0. The highest BCUT2D eigenvalue weighted by Crippen LogP contribution is 2.39. The van der Waals surface area contributed by atoms with Crippen molar-refractivity contribution in [3.8, 4) is 11.5 Å². The molecule has 0 bridgehead atoms. The summed E-state index contributed by atoms with van der Waals surface area (Å²) in [6.07, 6.45) is 0. The number of fused-ring (bicyclic) bond motifs is 1. The molecular formula is C9H9IO2. The molecule has 1 aromatic carbocycles. The van der Waals surface area contributed by atoms with E-state index >= 15 is 0 Å². The van der Waals surface area contributed by atoms with Crippen LogP contribution in [-0.4, -0.2) is 5.79 Å². The molecule has 0 saturated heterocycles. The van der Waals surface area contributed by atoms with Gasteiger partial charge < -0.3 is 9.47 Å². The average molecular weight is 276 g/mol. The van der Waals surface area contributed by atoms with Crippen molar-refractivity contribution in [2.45, 2.75) is 19.6 Å². The topological polar surface area (TPSA) is 18.5 Å². The van der Waals surface area contributed by atoms with E-state index in [1.165, 1.54) is 0 Å². The molecule has 12 heavy (non-hydrogen) atoms. The molecule has 0 atom stereocenters. The van der Waals surface area contributed by atoms with Gasteiger partial charge in [-0.25, -0.2) is 0 Å². The van der Waals surface area contributed by atoms with Crippen molar-refractivity contribution in [1.82, 2.24) is 0 Å². The molecule has 1 aromatic rings. The second kappa shape index (κ2) is 2.52. The van der Waals surface area contributed by atoms with Crippen molar-refractivity contribution < 1.29 is 9.47 Å². The van der Waals surface area contributed by atoms with E-state index in [1.54, 1.807) is 0 Å². The largest absolute Gasteiger partial charge is 0.449 e. The maximum Gasteiger partial charge on any atom is 0.246 e. The standard InChI is InChI=1S/C9H9IO2/c1-9(2)11-7-4-3-6(10)5-8(7)12-9/h3-5H,1-2H3. The molecule has 3 heteroatoms. The second-order valence-electron chi connectivity index (χ2n) is 3.20. The third-order valence-corrected chi connectivity index (χ3v) is 2.29. The van der Waals surface area contributed by atoms with Crippen LogP contribution in [0, 0.1) is 3.57 Å². The van der Waals surface area contributed by atoms with Crippen LogP contribution >= 0.6 is 22.6 Å². The van der Waals surface area contributed by atoms with Gasteiger partial charge in [0.05, 0.1) is 0 Å². The highest BCUT2D eigenvalue weighted by Gasteiger charge is 2.31. The van der Waals surface area contributed by atoms with Crippen LogP contribution in [0.3, 0.4) is 0 Å². The molecule has 0 aromatic heterocycles. The molecule has 0 spiro atoms. The number of hydrogen-bond acceptors (Lipinski definition) is 2. The van der Waals surface area contributed by atoms with E-state index in [0.717, 1.165) is 15.1 Å². The fourth-order valence-electron chi connectivity index (χ4n) is 1.20. The minimum atomic E-state index is -0.507. The number of ether oxygens (including phenoxy) is 2. The number of benzene rings is 1. The highest BCUT2D eigenvalue weighted by molar-refractivity contribution is 14.1. The number of halogens is 1. The minimum Gasteiger partial charge on any atom is -0.449 e. The van der Waals surface area contributed by atoms with Gasteiger partial charge in [-0.2, -0.15) is 0 Å². The van der Waals surface area contributed by atoms with Gasteiger partial charge in [0, 0.05) is 17.4 Å². The fourth-order valence-corrected chi connectivity index (χ4v) is 1.66. The van der Waals surface area contributed by atoms with Crippen LogP contribution in [0.25, 0.3) is 0 Å². The van der Waals surface area contributed by atoms with Crippen molar-refractivity contribution >= 4 is 22.6 Å². The minimum absolute atomic E-state index is 0.507. The molecular weight excluding hydrogens is 267 g/mol. The number of rotatable bonds is 0. The summed E-state index contributed by atoms with van der Waals surface area (Å²) in [5, 5.41) is 0. The fraction of sp³-hybridized carbons (Fsp3) is 0.333. The predicted molar refractivity (Wildman–Crippen MR) is 54.5 cm³/mol. The first-order valence-electron chi connectivity index (χ1n) is 3.74. The van der Waals surface area contributed by atoms with Crippen LogP contribution in [0.15, 0.2) is 18.2 Å². The van der Waals surface area contributed by atoms with E-state index in [9.17, 15) is 0 Å². The average Bonchev–Trinajstić information content (AvgIpc) is 2.21. The molecule has 0 aliphatic carbocycles. The Morgan fingerprint density at radius 3 is 2.58 bits per heavy atom. The predicted octanol–water partition coefficient (Wildman–Crippen LogP) is 2.80. The molecule has 0 N–H and O–H groups in total. The molecule has 1 heterocycles. The van der Waals surface area contributed by atoms with Crippen LogP contribution in [0.5, 0.6) is 11.5 Å². The van der Waals surface area contributed by atoms with Crippen LogP contribution < -0.4 is 9.47 Å². The lowest BCUT2D eigenvalue weighted by atomic mass is 10.3. The van der Waals surface area contributed by atoms with Crippen molar-refractivity contribution in [3.05, 3.63) is 21.8 Å². The molecule has 0 fully saturated rings. The first kappa shape index (κ1) is 8.16. The first-order chi connectivity index (χ1) is 5.57. The Labute approximate surface area is 85.0 Å². The molecule has 1 aliphatic rings. The van der Waals surface area contributed by atoms with Gasteiger partial charge in [-0.05, 0) is 40.8 Å². The summed E-state index contributed by atoms with van der Waals surface area (Å²) in [7, 11) is 0. The summed E-state index contributed by atoms with van der Waals surface area (Å²) < 4.78 is 12.2. The van der Waals surface area contributed by atoms with Gasteiger partial charge in [0.15, 0.2) is 11.5 Å². The Kier molecular flexibility index (Phi) is 1.71. The lowest BCUT2D eigenvalue weighted by Crippen LogP contribution is -2.29. The normalized spacial score (nSPS) is 17.9. The Morgan fingerprint density at radius 1 is 1.17 bits per heavy atom. The quantitative estimate of drug-likeness (QED) is 0.678. The molecule has 0 unspecified atom stereocenters. The maximum atomic E-state index is 5.55. The molecule has 0 saturated carbocycles. The summed E-state index contributed by atoms with van der Waals surface area (Å²) in [4.78, 5) is 0. The van der Waals surface area contributed by atoms with Gasteiger partial charge in [-0.3, -0.25) is 0 Å². The summed E-state index contributed by atoms with van der Waals surface area (Å²) in [5.74, 6) is 1.17. The second-order valence-corrected chi connectivity index (χ2v) is 4.44. The molecule has 2 rings (SSSR count). The lowest BCUT2D eigenvalue weighted by Gasteiger charge is -2.16. The zero-order valence-corrected chi connectivity index (χ0v) is 9.08. The van der Waals surface area contributed by atoms with E-state index in [4.69, 9.17) is 9.47 Å². The van der Waals surface area contributed by atoms with E-state index in [-0.39, 0.29) is 0 Å². The molecule has 2 nitrogen and oxygen atoms in total. The van der Waals surface area contributed by atoms with E-state index < -0.39 is 5.79 Å². The van der Waals surface area contributed by atoms with Crippen LogP contribution in [0.1, 0.15) is 13.8 Å². The van der Waals surface area contributed by atoms with Gasteiger partial charge >= 0.3 is 0 Å². The zero-order valence-electron chi connectivity index (χ0n) is 6.93. The van der Waals surface area contributed by atoms with Crippen LogP contribution in [0.4, 0.5) is 0 Å². The molecule has 0 radical (unpaired) electrons. The molecule has 0 amide bonds. The summed E-state index contributed by atoms with van der Waals surface area (Å²) in [6, 6.07) is 5.92. The van der Waals surface area contributed by atoms with Crippen molar-refractivity contribution in [2.24, 2.45) is 0 Å². The summed E-state index contributed by atoms with van der Waals surface area (Å²) in [5.41, 5.74) is 0. The summed E-state index contributed by atoms with van der Waals surface area (Å²) >= 11 is 2.25. The Morgan fingerprint density at radius 2 is 1.83 bits per heavy atom. The van der Waals surface area contributed by atoms with Gasteiger partial charge in [0.2, 0.25) is 5.79 Å². The smallest absolute Gasteiger partial charge is 0.246 e. The lowest BCUT2D eigenvalue weighted by molar-refractivity contribution is -0.0431. The van der Waals surface area contributed by atoms with E-state index in [2.05, 4.69) is 22.6 Å². The SMILES string of the molecule is CC1(C)Oc2ccc(I)cc2O1.